The highest BCUT2D eigenvalue weighted by Gasteiger charge is 2.17. The molecule has 1 N–H and O–H groups in total. The van der Waals surface area contributed by atoms with E-state index in [0.717, 1.165) is 18.0 Å². The summed E-state index contributed by atoms with van der Waals surface area (Å²) in [5, 5.41) is 9.78. The van der Waals surface area contributed by atoms with E-state index in [9.17, 15) is 9.32 Å². The Morgan fingerprint density at radius 3 is 2.39 bits per heavy atom. The molecule has 3 nitrogen and oxygen atoms in total. The number of likely N-dealkylation sites (N-methyl/N-ethyl adjacent to an activating group) is 1. The summed E-state index contributed by atoms with van der Waals surface area (Å²) in [6.45, 7) is 7.85. The molecule has 0 aliphatic rings. The minimum absolute atomic E-state index is 0.605. The number of nitrogens with zero attached hydrogens (tertiary/aromatic N) is 1. The van der Waals surface area contributed by atoms with Crippen molar-refractivity contribution in [1.82, 2.24) is 4.90 Å². The Bertz CT molecular complexity index is 373. The summed E-state index contributed by atoms with van der Waals surface area (Å²) in [5.74, 6) is 0.605. The molecule has 0 heterocycles. The van der Waals surface area contributed by atoms with Crippen LogP contribution in [-0.4, -0.2) is 45.2 Å². The molecule has 0 spiro atoms. The zero-order valence-corrected chi connectivity index (χ0v) is 12.2. The van der Waals surface area contributed by atoms with Gasteiger partial charge in [0.05, 0.1) is 16.4 Å². The lowest BCUT2D eigenvalue weighted by Gasteiger charge is -2.27. The molecule has 1 rings (SSSR count). The van der Waals surface area contributed by atoms with Crippen LogP contribution in [0.4, 0.5) is 0 Å². The van der Waals surface area contributed by atoms with Gasteiger partial charge in [-0.1, -0.05) is 25.1 Å². The second-order valence-electron chi connectivity index (χ2n) is 5.04. The van der Waals surface area contributed by atoms with Crippen molar-refractivity contribution in [1.29, 1.82) is 0 Å². The molecule has 1 aromatic carbocycles. The van der Waals surface area contributed by atoms with Crippen LogP contribution in [0.3, 0.4) is 0 Å². The maximum atomic E-state index is 12.1. The van der Waals surface area contributed by atoms with E-state index in [1.807, 2.05) is 30.3 Å². The van der Waals surface area contributed by atoms with Crippen LogP contribution in [0.25, 0.3) is 0 Å². The van der Waals surface area contributed by atoms with Gasteiger partial charge in [0.25, 0.3) is 0 Å². The van der Waals surface area contributed by atoms with E-state index < -0.39 is 16.4 Å². The van der Waals surface area contributed by atoms with Gasteiger partial charge in [0.2, 0.25) is 0 Å². The van der Waals surface area contributed by atoms with Crippen LogP contribution in [0.15, 0.2) is 35.2 Å². The lowest BCUT2D eigenvalue weighted by Crippen LogP contribution is -2.40. The van der Waals surface area contributed by atoms with Gasteiger partial charge in [-0.15, -0.1) is 0 Å². The average Bonchev–Trinajstić information content (AvgIpc) is 2.33. The SMILES string of the molecule is CCN(CCS(=O)c1ccccc1)CC(C)(C)O. The Kier molecular flexibility index (Phi) is 5.99. The first-order valence-corrected chi connectivity index (χ1v) is 7.62. The number of hydrogen-bond donors (Lipinski definition) is 1. The Labute approximate surface area is 112 Å². The van der Waals surface area contributed by atoms with E-state index in [1.54, 1.807) is 13.8 Å². The van der Waals surface area contributed by atoms with Gasteiger partial charge < -0.3 is 5.11 Å². The standard InChI is InChI=1S/C14H23NO2S/c1-4-15(12-14(2,3)16)10-11-18(17)13-8-6-5-7-9-13/h5-9,16H,4,10-12H2,1-3H3. The van der Waals surface area contributed by atoms with Crippen molar-refractivity contribution in [3.63, 3.8) is 0 Å². The smallest absolute Gasteiger partial charge is 0.0718 e. The van der Waals surface area contributed by atoms with Crippen molar-refractivity contribution in [2.45, 2.75) is 31.3 Å². The maximum absolute atomic E-state index is 12.1. The summed E-state index contributed by atoms with van der Waals surface area (Å²) in [5.41, 5.74) is -0.704. The fraction of sp³-hybridized carbons (Fsp3) is 0.571. The van der Waals surface area contributed by atoms with Crippen LogP contribution in [0.5, 0.6) is 0 Å². The van der Waals surface area contributed by atoms with Crippen LogP contribution in [-0.2, 0) is 10.8 Å². The van der Waals surface area contributed by atoms with E-state index in [1.165, 1.54) is 0 Å². The molecule has 4 heteroatoms. The van der Waals surface area contributed by atoms with Crippen molar-refractivity contribution in [3.05, 3.63) is 30.3 Å². The van der Waals surface area contributed by atoms with E-state index in [0.29, 0.717) is 12.3 Å². The molecule has 18 heavy (non-hydrogen) atoms. The highest BCUT2D eigenvalue weighted by atomic mass is 32.2. The molecule has 1 unspecified atom stereocenters. The first-order chi connectivity index (χ1) is 8.42. The van der Waals surface area contributed by atoms with Crippen LogP contribution in [0, 0.1) is 0 Å². The van der Waals surface area contributed by atoms with Crippen LogP contribution in [0.1, 0.15) is 20.8 Å². The molecular weight excluding hydrogens is 246 g/mol. The van der Waals surface area contributed by atoms with Crippen molar-refractivity contribution in [2.75, 3.05) is 25.4 Å². The second-order valence-corrected chi connectivity index (χ2v) is 6.61. The van der Waals surface area contributed by atoms with Crippen molar-refractivity contribution in [2.24, 2.45) is 0 Å². The first-order valence-electron chi connectivity index (χ1n) is 6.30. The van der Waals surface area contributed by atoms with Gasteiger partial charge in [0.1, 0.15) is 0 Å². The Hall–Kier alpha value is -0.710. The molecule has 1 aromatic rings. The van der Waals surface area contributed by atoms with Crippen LogP contribution >= 0.6 is 0 Å². The third-order valence-corrected chi connectivity index (χ3v) is 4.01. The Balaban J connectivity index is 2.46. The molecule has 0 fully saturated rings. The van der Waals surface area contributed by atoms with E-state index in [-0.39, 0.29) is 0 Å². The van der Waals surface area contributed by atoms with Gasteiger partial charge in [0.15, 0.2) is 0 Å². The molecule has 102 valence electrons. The van der Waals surface area contributed by atoms with E-state index in [2.05, 4.69) is 11.8 Å². The highest BCUT2D eigenvalue weighted by Crippen LogP contribution is 2.08. The normalized spacial score (nSPS) is 13.8. The predicted molar refractivity (Wildman–Crippen MR) is 76.1 cm³/mol. The van der Waals surface area contributed by atoms with Gasteiger partial charge in [-0.05, 0) is 32.5 Å². The van der Waals surface area contributed by atoms with Gasteiger partial charge in [-0.3, -0.25) is 9.11 Å². The Morgan fingerprint density at radius 1 is 1.28 bits per heavy atom. The summed E-state index contributed by atoms with van der Waals surface area (Å²) in [7, 11) is -0.957. The van der Waals surface area contributed by atoms with Crippen LogP contribution < -0.4 is 0 Å². The molecule has 0 radical (unpaired) electrons. The highest BCUT2D eigenvalue weighted by molar-refractivity contribution is 7.85. The fourth-order valence-electron chi connectivity index (χ4n) is 1.80. The van der Waals surface area contributed by atoms with E-state index in [4.69, 9.17) is 0 Å². The summed E-state index contributed by atoms with van der Waals surface area (Å²) in [4.78, 5) is 3.00. The minimum Gasteiger partial charge on any atom is -0.389 e. The number of hydrogen-bond acceptors (Lipinski definition) is 3. The molecule has 0 aliphatic heterocycles. The van der Waals surface area contributed by atoms with Crippen molar-refractivity contribution >= 4 is 10.8 Å². The topological polar surface area (TPSA) is 40.5 Å². The first kappa shape index (κ1) is 15.3. The molecule has 1 atom stereocenters. The largest absolute Gasteiger partial charge is 0.389 e. The third kappa shape index (κ3) is 5.76. The summed E-state index contributed by atoms with van der Waals surface area (Å²) >= 11 is 0. The second kappa shape index (κ2) is 7.02. The van der Waals surface area contributed by atoms with Crippen molar-refractivity contribution in [3.8, 4) is 0 Å². The molecule has 0 aromatic heterocycles. The van der Waals surface area contributed by atoms with Crippen LogP contribution in [0.2, 0.25) is 0 Å². The Morgan fingerprint density at radius 2 is 1.89 bits per heavy atom. The average molecular weight is 269 g/mol. The molecule has 0 amide bonds. The minimum atomic E-state index is -0.957. The zero-order chi connectivity index (χ0) is 13.6. The predicted octanol–water partition coefficient (Wildman–Crippen LogP) is 1.89. The molecule has 0 aliphatic carbocycles. The number of aliphatic hydroxyl groups is 1. The maximum Gasteiger partial charge on any atom is 0.0718 e. The summed E-state index contributed by atoms with van der Waals surface area (Å²) in [6, 6.07) is 9.52. The summed E-state index contributed by atoms with van der Waals surface area (Å²) in [6.07, 6.45) is 0. The molecule has 0 saturated carbocycles. The zero-order valence-electron chi connectivity index (χ0n) is 11.4. The van der Waals surface area contributed by atoms with Gasteiger partial charge in [0, 0.05) is 23.7 Å². The molecular formula is C14H23NO2S. The molecule has 0 saturated heterocycles. The third-order valence-electron chi connectivity index (χ3n) is 2.66. The molecule has 0 bridgehead atoms. The lowest BCUT2D eigenvalue weighted by molar-refractivity contribution is 0.0399. The van der Waals surface area contributed by atoms with Gasteiger partial charge in [-0.25, -0.2) is 0 Å². The number of benzene rings is 1. The number of rotatable bonds is 7. The van der Waals surface area contributed by atoms with E-state index >= 15 is 0 Å². The fourth-order valence-corrected chi connectivity index (χ4v) is 2.92. The monoisotopic (exact) mass is 269 g/mol. The van der Waals surface area contributed by atoms with Crippen molar-refractivity contribution < 1.29 is 9.32 Å². The van der Waals surface area contributed by atoms with Gasteiger partial charge >= 0.3 is 0 Å². The van der Waals surface area contributed by atoms with Gasteiger partial charge in [-0.2, -0.15) is 0 Å². The lowest BCUT2D eigenvalue weighted by atomic mass is 10.1. The quantitative estimate of drug-likeness (QED) is 0.822. The summed E-state index contributed by atoms with van der Waals surface area (Å²) < 4.78 is 12.1.